The van der Waals surface area contributed by atoms with Gasteiger partial charge in [0.05, 0.1) is 25.9 Å². The summed E-state index contributed by atoms with van der Waals surface area (Å²) in [6.45, 7) is 5.79. The number of epoxide rings is 2. The number of rotatable bonds is 8. The maximum Gasteiger partial charge on any atom is 0.104 e. The Morgan fingerprint density at radius 2 is 2.00 bits per heavy atom. The maximum absolute atomic E-state index is 5.60. The standard InChI is InChI=1S/C11H20O3/c1-2-9(3-4-10-7-13-10)5-12-6-11-8-14-11/h9-11H,2-8H2,1H3. The molecule has 3 nitrogen and oxygen atoms in total. The Morgan fingerprint density at radius 1 is 1.29 bits per heavy atom. The van der Waals surface area contributed by atoms with Crippen molar-refractivity contribution in [2.45, 2.75) is 38.4 Å². The Hall–Kier alpha value is -0.120. The fourth-order valence-electron chi connectivity index (χ4n) is 1.59. The summed E-state index contributed by atoms with van der Waals surface area (Å²) in [7, 11) is 0. The molecule has 0 saturated carbocycles. The SMILES string of the molecule is CCC(CCC1CO1)COCC1CO1. The predicted octanol–water partition coefficient (Wildman–Crippen LogP) is 1.61. The summed E-state index contributed by atoms with van der Waals surface area (Å²) in [5.74, 6) is 0.706. The van der Waals surface area contributed by atoms with E-state index in [0.717, 1.165) is 26.4 Å². The lowest BCUT2D eigenvalue weighted by molar-refractivity contribution is 0.0807. The van der Waals surface area contributed by atoms with Crippen LogP contribution in [-0.2, 0) is 14.2 Å². The Morgan fingerprint density at radius 3 is 2.57 bits per heavy atom. The van der Waals surface area contributed by atoms with Crippen molar-refractivity contribution in [3.8, 4) is 0 Å². The molecule has 0 N–H and O–H groups in total. The van der Waals surface area contributed by atoms with Gasteiger partial charge in [-0.2, -0.15) is 0 Å². The van der Waals surface area contributed by atoms with Gasteiger partial charge in [-0.05, 0) is 18.8 Å². The zero-order chi connectivity index (χ0) is 9.80. The zero-order valence-electron chi connectivity index (χ0n) is 8.91. The summed E-state index contributed by atoms with van der Waals surface area (Å²) in [4.78, 5) is 0. The minimum atomic E-state index is 0.402. The molecule has 0 spiro atoms. The molecule has 0 aliphatic carbocycles. The molecule has 3 unspecified atom stereocenters. The molecule has 2 rings (SSSR count). The monoisotopic (exact) mass is 200 g/mol. The molecule has 2 heterocycles. The topological polar surface area (TPSA) is 34.3 Å². The molecule has 2 aliphatic heterocycles. The minimum absolute atomic E-state index is 0.402. The average molecular weight is 200 g/mol. The smallest absolute Gasteiger partial charge is 0.104 e. The Balaban J connectivity index is 1.49. The van der Waals surface area contributed by atoms with E-state index in [9.17, 15) is 0 Å². The van der Waals surface area contributed by atoms with Crippen molar-refractivity contribution < 1.29 is 14.2 Å². The third-order valence-corrected chi connectivity index (χ3v) is 2.94. The van der Waals surface area contributed by atoms with E-state index in [1.54, 1.807) is 0 Å². The molecule has 3 atom stereocenters. The first-order valence-corrected chi connectivity index (χ1v) is 5.69. The quantitative estimate of drug-likeness (QED) is 0.558. The summed E-state index contributed by atoms with van der Waals surface area (Å²) < 4.78 is 15.9. The molecule has 0 amide bonds. The van der Waals surface area contributed by atoms with E-state index in [1.807, 2.05) is 0 Å². The molecule has 3 heteroatoms. The van der Waals surface area contributed by atoms with Crippen molar-refractivity contribution in [3.05, 3.63) is 0 Å². The third kappa shape index (κ3) is 3.95. The van der Waals surface area contributed by atoms with E-state index >= 15 is 0 Å². The molecule has 2 saturated heterocycles. The van der Waals surface area contributed by atoms with Crippen molar-refractivity contribution in [1.29, 1.82) is 0 Å². The molecule has 0 aromatic heterocycles. The van der Waals surface area contributed by atoms with Gasteiger partial charge in [-0.15, -0.1) is 0 Å². The lowest BCUT2D eigenvalue weighted by Crippen LogP contribution is -2.12. The van der Waals surface area contributed by atoms with Crippen LogP contribution in [0, 0.1) is 5.92 Å². The number of hydrogen-bond acceptors (Lipinski definition) is 3. The summed E-state index contributed by atoms with van der Waals surface area (Å²) >= 11 is 0. The van der Waals surface area contributed by atoms with E-state index in [4.69, 9.17) is 14.2 Å². The molecule has 0 aromatic rings. The molecular weight excluding hydrogens is 180 g/mol. The van der Waals surface area contributed by atoms with Crippen LogP contribution >= 0.6 is 0 Å². The summed E-state index contributed by atoms with van der Waals surface area (Å²) in [5.41, 5.74) is 0. The molecule has 0 aromatic carbocycles. The molecule has 2 aliphatic rings. The van der Waals surface area contributed by atoms with Crippen LogP contribution in [0.25, 0.3) is 0 Å². The van der Waals surface area contributed by atoms with Crippen LogP contribution in [0.3, 0.4) is 0 Å². The maximum atomic E-state index is 5.60. The van der Waals surface area contributed by atoms with Crippen molar-refractivity contribution >= 4 is 0 Å². The van der Waals surface area contributed by atoms with Gasteiger partial charge in [0.15, 0.2) is 0 Å². The van der Waals surface area contributed by atoms with Gasteiger partial charge >= 0.3 is 0 Å². The predicted molar refractivity (Wildman–Crippen MR) is 53.3 cm³/mol. The highest BCUT2D eigenvalue weighted by atomic mass is 16.6. The van der Waals surface area contributed by atoms with E-state index in [2.05, 4.69) is 6.92 Å². The number of ether oxygens (including phenoxy) is 3. The van der Waals surface area contributed by atoms with Crippen molar-refractivity contribution in [3.63, 3.8) is 0 Å². The lowest BCUT2D eigenvalue weighted by Gasteiger charge is -2.13. The van der Waals surface area contributed by atoms with Gasteiger partial charge in [0.1, 0.15) is 6.10 Å². The van der Waals surface area contributed by atoms with Gasteiger partial charge in [-0.3, -0.25) is 0 Å². The van der Waals surface area contributed by atoms with Crippen molar-refractivity contribution in [2.24, 2.45) is 5.92 Å². The second-order valence-electron chi connectivity index (χ2n) is 4.30. The highest BCUT2D eigenvalue weighted by Crippen LogP contribution is 2.21. The van der Waals surface area contributed by atoms with Crippen LogP contribution in [-0.4, -0.2) is 38.6 Å². The Labute approximate surface area is 85.7 Å². The van der Waals surface area contributed by atoms with E-state index in [1.165, 1.54) is 19.3 Å². The molecular formula is C11H20O3. The first-order chi connectivity index (χ1) is 6.88. The van der Waals surface area contributed by atoms with Crippen molar-refractivity contribution in [2.75, 3.05) is 26.4 Å². The first kappa shape index (κ1) is 10.4. The molecule has 14 heavy (non-hydrogen) atoms. The highest BCUT2D eigenvalue weighted by molar-refractivity contribution is 4.71. The van der Waals surface area contributed by atoms with Gasteiger partial charge < -0.3 is 14.2 Å². The zero-order valence-corrected chi connectivity index (χ0v) is 8.91. The highest BCUT2D eigenvalue weighted by Gasteiger charge is 2.24. The summed E-state index contributed by atoms with van der Waals surface area (Å²) in [6, 6.07) is 0. The molecule has 0 radical (unpaired) electrons. The summed E-state index contributed by atoms with van der Waals surface area (Å²) in [5, 5.41) is 0. The van der Waals surface area contributed by atoms with E-state index in [0.29, 0.717) is 18.1 Å². The largest absolute Gasteiger partial charge is 0.378 e. The van der Waals surface area contributed by atoms with Crippen LogP contribution in [0.1, 0.15) is 26.2 Å². The minimum Gasteiger partial charge on any atom is -0.378 e. The second-order valence-corrected chi connectivity index (χ2v) is 4.30. The van der Waals surface area contributed by atoms with E-state index in [-0.39, 0.29) is 0 Å². The van der Waals surface area contributed by atoms with Crippen LogP contribution in [0.15, 0.2) is 0 Å². The number of hydrogen-bond donors (Lipinski definition) is 0. The molecule has 2 fully saturated rings. The van der Waals surface area contributed by atoms with Gasteiger partial charge in [0.25, 0.3) is 0 Å². The van der Waals surface area contributed by atoms with Crippen LogP contribution in [0.2, 0.25) is 0 Å². The molecule has 82 valence electrons. The van der Waals surface area contributed by atoms with Gasteiger partial charge in [0, 0.05) is 6.61 Å². The second kappa shape index (κ2) is 5.10. The fourth-order valence-corrected chi connectivity index (χ4v) is 1.59. The van der Waals surface area contributed by atoms with Crippen LogP contribution in [0.4, 0.5) is 0 Å². The van der Waals surface area contributed by atoms with Crippen LogP contribution < -0.4 is 0 Å². The van der Waals surface area contributed by atoms with E-state index < -0.39 is 0 Å². The normalized spacial score (nSPS) is 31.5. The van der Waals surface area contributed by atoms with Gasteiger partial charge in [-0.1, -0.05) is 13.3 Å². The van der Waals surface area contributed by atoms with Crippen molar-refractivity contribution in [1.82, 2.24) is 0 Å². The van der Waals surface area contributed by atoms with Gasteiger partial charge in [0.2, 0.25) is 0 Å². The Kier molecular flexibility index (Phi) is 3.79. The lowest BCUT2D eigenvalue weighted by atomic mass is 10.0. The average Bonchev–Trinajstić information content (AvgIpc) is 3.01. The summed E-state index contributed by atoms with van der Waals surface area (Å²) in [6.07, 6.45) is 4.63. The third-order valence-electron chi connectivity index (χ3n) is 2.94. The Bertz CT molecular complexity index is 164. The molecule has 0 bridgehead atoms. The first-order valence-electron chi connectivity index (χ1n) is 5.69. The van der Waals surface area contributed by atoms with Gasteiger partial charge in [-0.25, -0.2) is 0 Å². The van der Waals surface area contributed by atoms with Crippen LogP contribution in [0.5, 0.6) is 0 Å². The fraction of sp³-hybridized carbons (Fsp3) is 1.00.